The van der Waals surface area contributed by atoms with E-state index >= 15 is 0 Å². The molecule has 0 atom stereocenters. The molecule has 0 aliphatic carbocycles. The maximum atomic E-state index is 11.9. The van der Waals surface area contributed by atoms with Crippen molar-refractivity contribution in [3.63, 3.8) is 0 Å². The Kier molecular flexibility index (Phi) is 5.70. The summed E-state index contributed by atoms with van der Waals surface area (Å²) in [6, 6.07) is 4.81. The van der Waals surface area contributed by atoms with E-state index in [1.165, 1.54) is 13.2 Å². The molecule has 2 rings (SSSR count). The lowest BCUT2D eigenvalue weighted by Crippen LogP contribution is -2.24. The van der Waals surface area contributed by atoms with Gasteiger partial charge in [-0.05, 0) is 24.1 Å². The number of aromatic nitrogens is 1. The van der Waals surface area contributed by atoms with Crippen molar-refractivity contribution < 1.29 is 19.4 Å². The highest BCUT2D eigenvalue weighted by molar-refractivity contribution is 7.09. The second-order valence-corrected chi connectivity index (χ2v) is 5.82. The van der Waals surface area contributed by atoms with Crippen molar-refractivity contribution in [3.05, 3.63) is 45.4 Å². The molecule has 0 bridgehead atoms. The lowest BCUT2D eigenvalue weighted by atomic mass is 10.1. The van der Waals surface area contributed by atoms with Crippen LogP contribution in [0.1, 0.15) is 33.5 Å². The van der Waals surface area contributed by atoms with Gasteiger partial charge in [-0.15, -0.1) is 11.3 Å². The van der Waals surface area contributed by atoms with E-state index < -0.39 is 5.97 Å². The molecule has 0 fully saturated rings. The molecule has 0 unspecified atom stereocenters. The Morgan fingerprint density at radius 3 is 2.78 bits per heavy atom. The molecule has 7 heteroatoms. The lowest BCUT2D eigenvalue weighted by molar-refractivity contribution is -0.120. The van der Waals surface area contributed by atoms with Crippen LogP contribution in [0.4, 0.5) is 0 Å². The molecule has 0 saturated heterocycles. The Bertz CT molecular complexity index is 712. The van der Waals surface area contributed by atoms with Gasteiger partial charge in [0.1, 0.15) is 11.3 Å². The van der Waals surface area contributed by atoms with Gasteiger partial charge < -0.3 is 15.2 Å². The molecule has 1 heterocycles. The number of carboxylic acids is 1. The maximum absolute atomic E-state index is 11.9. The number of carbonyl (C=O) groups is 2. The first-order valence-electron chi connectivity index (χ1n) is 7.13. The van der Waals surface area contributed by atoms with Gasteiger partial charge in [-0.3, -0.25) is 4.79 Å². The summed E-state index contributed by atoms with van der Waals surface area (Å²) in [5, 5.41) is 14.8. The number of benzene rings is 1. The highest BCUT2D eigenvalue weighted by atomic mass is 32.1. The first-order chi connectivity index (χ1) is 11.0. The summed E-state index contributed by atoms with van der Waals surface area (Å²) in [4.78, 5) is 27.5. The Morgan fingerprint density at radius 2 is 2.17 bits per heavy atom. The van der Waals surface area contributed by atoms with E-state index in [1.807, 2.05) is 12.3 Å². The summed E-state index contributed by atoms with van der Waals surface area (Å²) < 4.78 is 5.00. The van der Waals surface area contributed by atoms with E-state index in [2.05, 4.69) is 10.3 Å². The van der Waals surface area contributed by atoms with Crippen LogP contribution in [0, 0.1) is 0 Å². The second-order valence-electron chi connectivity index (χ2n) is 4.88. The van der Waals surface area contributed by atoms with E-state index in [0.717, 1.165) is 17.1 Å². The van der Waals surface area contributed by atoms with Crippen molar-refractivity contribution in [2.24, 2.45) is 0 Å². The zero-order valence-electron chi connectivity index (χ0n) is 13.0. The third-order valence-corrected chi connectivity index (χ3v) is 4.27. The van der Waals surface area contributed by atoms with Gasteiger partial charge in [0.25, 0.3) is 0 Å². The molecule has 0 spiro atoms. The molecule has 2 N–H and O–H groups in total. The van der Waals surface area contributed by atoms with E-state index in [1.54, 1.807) is 23.5 Å². The zero-order chi connectivity index (χ0) is 16.8. The van der Waals surface area contributed by atoms with Crippen LogP contribution in [-0.2, 0) is 24.2 Å². The number of methoxy groups -OCH3 is 1. The number of aryl methyl sites for hydroxylation is 1. The zero-order valence-corrected chi connectivity index (χ0v) is 13.8. The number of nitrogens with zero attached hydrogens (tertiary/aromatic N) is 1. The van der Waals surface area contributed by atoms with Crippen LogP contribution in [-0.4, -0.2) is 29.1 Å². The van der Waals surface area contributed by atoms with Crippen LogP contribution in [0.3, 0.4) is 0 Å². The molecule has 6 nitrogen and oxygen atoms in total. The molecule has 122 valence electrons. The van der Waals surface area contributed by atoms with Gasteiger partial charge in [-0.1, -0.05) is 13.0 Å². The highest BCUT2D eigenvalue weighted by Gasteiger charge is 2.12. The predicted octanol–water partition coefficient (Wildman–Crippen LogP) is 2.27. The van der Waals surface area contributed by atoms with Gasteiger partial charge in [-0.2, -0.15) is 0 Å². The van der Waals surface area contributed by atoms with Gasteiger partial charge in [0.05, 0.1) is 24.2 Å². The molecule has 23 heavy (non-hydrogen) atoms. The van der Waals surface area contributed by atoms with Crippen LogP contribution >= 0.6 is 11.3 Å². The van der Waals surface area contributed by atoms with E-state index in [0.29, 0.717) is 11.3 Å². The number of hydrogen-bond donors (Lipinski definition) is 2. The van der Waals surface area contributed by atoms with Crippen LogP contribution in [0.5, 0.6) is 5.75 Å². The maximum Gasteiger partial charge on any atom is 0.339 e. The molecule has 1 amide bonds. The van der Waals surface area contributed by atoms with E-state index in [9.17, 15) is 9.59 Å². The highest BCUT2D eigenvalue weighted by Crippen LogP contribution is 2.19. The fourth-order valence-electron chi connectivity index (χ4n) is 2.05. The number of nitrogens with one attached hydrogen (secondary N) is 1. The number of rotatable bonds is 7. The Morgan fingerprint density at radius 1 is 1.39 bits per heavy atom. The third-order valence-electron chi connectivity index (χ3n) is 3.23. The Hall–Kier alpha value is -2.41. The van der Waals surface area contributed by atoms with Crippen molar-refractivity contribution in [1.29, 1.82) is 0 Å². The largest absolute Gasteiger partial charge is 0.496 e. The summed E-state index contributed by atoms with van der Waals surface area (Å²) in [5.74, 6) is -0.919. The fraction of sp³-hybridized carbons (Fsp3) is 0.312. The molecule has 0 aliphatic rings. The third kappa shape index (κ3) is 4.53. The molecule has 0 radical (unpaired) electrons. The predicted molar refractivity (Wildman–Crippen MR) is 87.0 cm³/mol. The normalized spacial score (nSPS) is 10.3. The summed E-state index contributed by atoms with van der Waals surface area (Å²) in [6.45, 7) is 2.28. The van der Waals surface area contributed by atoms with Crippen molar-refractivity contribution >= 4 is 23.2 Å². The van der Waals surface area contributed by atoms with Gasteiger partial charge in [0.2, 0.25) is 5.91 Å². The summed E-state index contributed by atoms with van der Waals surface area (Å²) >= 11 is 1.54. The molecular formula is C16H18N2O4S. The van der Waals surface area contributed by atoms with E-state index in [4.69, 9.17) is 9.84 Å². The Labute approximate surface area is 138 Å². The molecule has 2 aromatic rings. The smallest absolute Gasteiger partial charge is 0.339 e. The van der Waals surface area contributed by atoms with Crippen molar-refractivity contribution in [2.75, 3.05) is 7.11 Å². The summed E-state index contributed by atoms with van der Waals surface area (Å²) in [6.07, 6.45) is 1.08. The van der Waals surface area contributed by atoms with Crippen LogP contribution in [0.25, 0.3) is 0 Å². The number of amides is 1. The number of carboxylic acid groups (broad SMARTS) is 1. The van der Waals surface area contributed by atoms with Crippen LogP contribution in [0.15, 0.2) is 23.6 Å². The van der Waals surface area contributed by atoms with Gasteiger partial charge >= 0.3 is 5.97 Å². The Balaban J connectivity index is 1.96. The standard InChI is InChI=1S/C16H18N2O4S/c1-3-15-18-11(9-23-15)7-14(19)17-8-10-4-5-13(22-2)12(6-10)16(20)21/h4-6,9H,3,7-8H2,1-2H3,(H,17,19)(H,20,21). The van der Waals surface area contributed by atoms with Gasteiger partial charge in [0, 0.05) is 11.9 Å². The van der Waals surface area contributed by atoms with Crippen molar-refractivity contribution in [2.45, 2.75) is 26.3 Å². The van der Waals surface area contributed by atoms with Crippen LogP contribution in [0.2, 0.25) is 0 Å². The van der Waals surface area contributed by atoms with Gasteiger partial charge in [0.15, 0.2) is 0 Å². The average molecular weight is 334 g/mol. The number of hydrogen-bond acceptors (Lipinski definition) is 5. The SMILES string of the molecule is CCc1nc(CC(=O)NCc2ccc(OC)c(C(=O)O)c2)cs1. The van der Waals surface area contributed by atoms with Crippen LogP contribution < -0.4 is 10.1 Å². The molecule has 0 saturated carbocycles. The van der Waals surface area contributed by atoms with Crippen molar-refractivity contribution in [3.8, 4) is 5.75 Å². The molecular weight excluding hydrogens is 316 g/mol. The number of ether oxygens (including phenoxy) is 1. The molecule has 0 aliphatic heterocycles. The minimum absolute atomic E-state index is 0.0753. The quantitative estimate of drug-likeness (QED) is 0.811. The molecule has 1 aromatic heterocycles. The fourth-order valence-corrected chi connectivity index (χ4v) is 2.80. The monoisotopic (exact) mass is 334 g/mol. The number of thiazole rings is 1. The summed E-state index contributed by atoms with van der Waals surface area (Å²) in [7, 11) is 1.42. The van der Waals surface area contributed by atoms with Crippen molar-refractivity contribution in [1.82, 2.24) is 10.3 Å². The minimum Gasteiger partial charge on any atom is -0.496 e. The minimum atomic E-state index is -1.07. The van der Waals surface area contributed by atoms with E-state index in [-0.39, 0.29) is 24.4 Å². The second kappa shape index (κ2) is 7.73. The van der Waals surface area contributed by atoms with Gasteiger partial charge in [-0.25, -0.2) is 9.78 Å². The summed E-state index contributed by atoms with van der Waals surface area (Å²) in [5.41, 5.74) is 1.53. The number of carbonyl (C=O) groups excluding carboxylic acids is 1. The number of aromatic carboxylic acids is 1. The first kappa shape index (κ1) is 17.0. The average Bonchev–Trinajstić information content (AvgIpc) is 3.00. The lowest BCUT2D eigenvalue weighted by Gasteiger charge is -2.08. The molecule has 1 aromatic carbocycles. The first-order valence-corrected chi connectivity index (χ1v) is 8.01. The topological polar surface area (TPSA) is 88.5 Å².